The van der Waals surface area contributed by atoms with Gasteiger partial charge < -0.3 is 75.2 Å². The molecular weight excluding hydrogens is 907 g/mol. The molecule has 0 amide bonds. The van der Waals surface area contributed by atoms with Crippen molar-refractivity contribution >= 4 is 148 Å². The molecule has 0 aliphatic carbocycles. The minimum absolute atomic E-state index is 0. The fraction of sp³-hybridized carbons (Fsp3) is 1.00. The Hall–Kier alpha value is 5.51. The topological polar surface area (TPSA) is 66.4 Å². The Kier molecular flexibility index (Phi) is 39.0. The van der Waals surface area contributed by atoms with Gasteiger partial charge in [-0.2, -0.15) is 0 Å². The van der Waals surface area contributed by atoms with E-state index in [1.54, 1.807) is 0 Å². The third kappa shape index (κ3) is 23.8. The number of nitrogens with two attached hydrogens (primary N) is 4. The fourth-order valence-corrected chi connectivity index (χ4v) is 617. The summed E-state index contributed by atoms with van der Waals surface area (Å²) in [6.45, 7) is 11.0. The van der Waals surface area contributed by atoms with E-state index in [1.165, 1.54) is 129 Å². The van der Waals surface area contributed by atoms with Crippen molar-refractivity contribution < 1.29 is 21.3 Å². The Labute approximate surface area is 294 Å². The van der Waals surface area contributed by atoms with E-state index in [2.05, 4.69) is 71.7 Å². The molecule has 0 unspecified atom stereocenters. The molecule has 38 heavy (non-hydrogen) atoms. The van der Waals surface area contributed by atoms with E-state index in [1.807, 2.05) is 0 Å². The van der Waals surface area contributed by atoms with Crippen molar-refractivity contribution in [2.45, 2.75) is 77.0 Å². The van der Waals surface area contributed by atoms with Gasteiger partial charge >= 0.3 is 94.2 Å². The van der Waals surface area contributed by atoms with Gasteiger partial charge in [-0.15, -0.1) is 0 Å². The summed E-state index contributed by atoms with van der Waals surface area (Å²) < 4.78 is 0. The molecule has 8 aliphatic rings. The van der Waals surface area contributed by atoms with Crippen molar-refractivity contribution in [1.29, 1.82) is 0 Å². The van der Waals surface area contributed by atoms with E-state index in [9.17, 15) is 0 Å². The average Bonchev–Trinajstić information content (AvgIpc) is 2.93. The van der Waals surface area contributed by atoms with Crippen molar-refractivity contribution in [2.24, 2.45) is 0 Å². The van der Waals surface area contributed by atoms with Crippen LogP contribution in [-0.4, -0.2) is 96.0 Å². The first-order valence-corrected chi connectivity index (χ1v) is 49.4. The fourth-order valence-electron chi connectivity index (χ4n) is 4.25. The second kappa shape index (κ2) is 32.5. The number of hydrogen-bond acceptors (Lipinski definition) is 10. The van der Waals surface area contributed by atoms with Gasteiger partial charge in [0.25, 0.3) is 0 Å². The summed E-state index contributed by atoms with van der Waals surface area (Å²) in [6, 6.07) is 0. The molecular formula is C20H52Ge4N4S10. The molecule has 0 aromatic heterocycles. The number of thiol groups is 4. The van der Waals surface area contributed by atoms with Crippen LogP contribution in [0.4, 0.5) is 0 Å². The molecule has 8 rings (SSSR count). The van der Waals surface area contributed by atoms with Gasteiger partial charge in [0.15, 0.2) is 0 Å². The van der Waals surface area contributed by atoms with Gasteiger partial charge in [0, 0.05) is 0 Å². The number of rotatable bonds is 0. The number of hydrogen-bond donors (Lipinski definition) is 4. The molecule has 0 aromatic carbocycles. The molecule has 0 aromatic rings. The van der Waals surface area contributed by atoms with Crippen molar-refractivity contribution in [2.75, 3.05) is 52.4 Å². The maximum absolute atomic E-state index is 2.56. The van der Waals surface area contributed by atoms with Gasteiger partial charge in [0.2, 0.25) is 0 Å². The first kappa shape index (κ1) is 45.6. The quantitative estimate of drug-likeness (QED) is 0.154. The van der Waals surface area contributed by atoms with Gasteiger partial charge in [-0.05, 0) is 77.0 Å². The first-order chi connectivity index (χ1) is 16.9. The zero-order valence-corrected chi connectivity index (χ0v) is 39.6. The second-order valence-electron chi connectivity index (χ2n) is 9.32. The molecule has 4 bridgehead atoms. The predicted octanol–water partition coefficient (Wildman–Crippen LogP) is 0.220. The Morgan fingerprint density at radius 2 is 0.421 bits per heavy atom. The third-order valence-electron chi connectivity index (χ3n) is 6.27. The summed E-state index contributed by atoms with van der Waals surface area (Å²) in [6.07, 6.45) is 17.4. The summed E-state index contributed by atoms with van der Waals surface area (Å²) in [5, 5.41) is 9.57. The monoisotopic (exact) mass is 964 g/mol. The van der Waals surface area contributed by atoms with Crippen LogP contribution in [0.3, 0.4) is 0 Å². The van der Waals surface area contributed by atoms with Crippen LogP contribution >= 0.6 is 50.5 Å². The van der Waals surface area contributed by atoms with Crippen molar-refractivity contribution in [1.82, 2.24) is 0 Å². The maximum atomic E-state index is 2.56. The van der Waals surface area contributed by atoms with Crippen LogP contribution < -0.4 is 21.3 Å². The Bertz CT molecular complexity index is 348. The van der Waals surface area contributed by atoms with Gasteiger partial charge in [-0.3, -0.25) is 0 Å². The average molecular weight is 960 g/mol. The van der Waals surface area contributed by atoms with E-state index in [0.717, 1.165) is 0 Å². The summed E-state index contributed by atoms with van der Waals surface area (Å²) in [5.41, 5.74) is 0. The second-order valence-corrected chi connectivity index (χ2v) is 104. The molecule has 8 saturated heterocycles. The van der Waals surface area contributed by atoms with Crippen LogP contribution in [0, 0.1) is 0 Å². The van der Waals surface area contributed by atoms with Crippen molar-refractivity contribution in [3.05, 3.63) is 0 Å². The molecule has 0 saturated carbocycles. The predicted molar refractivity (Wildman–Crippen MR) is 206 cm³/mol. The van der Waals surface area contributed by atoms with E-state index < -0.39 is 43.7 Å². The molecule has 8 N–H and O–H groups in total. The standard InChI is InChI=1S/4C5H11N.Ge4S6.4H2S/c4*1-2-4-6-5-3-1;5-1-6-3-8-2(5)9-4(7-1)10-3;;;;/h4*6H,1-5H2;;4*1H2. The summed E-state index contributed by atoms with van der Waals surface area (Å²) >= 11 is 0. The Morgan fingerprint density at radius 1 is 0.263 bits per heavy atom. The molecule has 8 heterocycles. The van der Waals surface area contributed by atoms with Crippen LogP contribution in [0.15, 0.2) is 0 Å². The summed E-state index contributed by atoms with van der Waals surface area (Å²) in [4.78, 5) is 0. The third-order valence-corrected chi connectivity index (χ3v) is 248. The van der Waals surface area contributed by atoms with Crippen LogP contribution in [0.25, 0.3) is 0 Å². The minimum atomic E-state index is -0.427. The van der Waals surface area contributed by atoms with Crippen LogP contribution in [-0.2, 0) is 54.0 Å². The molecule has 0 atom stereocenters. The first-order valence-electron chi connectivity index (χ1n) is 13.7. The van der Waals surface area contributed by atoms with Gasteiger partial charge in [0.05, 0.1) is 52.4 Å². The molecule has 8 aliphatic heterocycles. The SMILES string of the molecule is C1CC[NH2+]CC1.C1CC[NH2+]CC1.C1CC[NH2+]CC1.C1CC[NH2+]CC1.[SH-].[SH-].[SH-].[SH-].[S]1[Ge]2[S][Ge]3[S][Ge]1[S][Ge]([S]2)[S]3. The molecule has 0 spiro atoms. The van der Waals surface area contributed by atoms with E-state index >= 15 is 0 Å². The summed E-state index contributed by atoms with van der Waals surface area (Å²) in [7, 11) is 13.7. The van der Waals surface area contributed by atoms with E-state index in [-0.39, 0.29) is 54.0 Å². The van der Waals surface area contributed by atoms with E-state index in [0.29, 0.717) is 0 Å². The van der Waals surface area contributed by atoms with Crippen LogP contribution in [0.2, 0.25) is 0 Å². The Balaban J connectivity index is 0. The zero-order valence-electron chi connectivity index (χ0n) is 22.7. The van der Waals surface area contributed by atoms with Gasteiger partial charge in [0.1, 0.15) is 0 Å². The van der Waals surface area contributed by atoms with Gasteiger partial charge in [-0.1, -0.05) is 0 Å². The molecule has 4 nitrogen and oxygen atoms in total. The number of quaternary nitrogens is 4. The van der Waals surface area contributed by atoms with Crippen molar-refractivity contribution in [3.63, 3.8) is 0 Å². The Morgan fingerprint density at radius 3 is 0.500 bits per heavy atom. The zero-order chi connectivity index (χ0) is 23.5. The number of piperidine rings is 4. The summed E-state index contributed by atoms with van der Waals surface area (Å²) in [5.74, 6) is 0. The molecule has 18 heteroatoms. The van der Waals surface area contributed by atoms with Crippen LogP contribution in [0.5, 0.6) is 0 Å². The molecule has 4 radical (unpaired) electrons. The van der Waals surface area contributed by atoms with Crippen LogP contribution in [0.1, 0.15) is 77.0 Å². The van der Waals surface area contributed by atoms with Crippen molar-refractivity contribution in [3.8, 4) is 0 Å². The van der Waals surface area contributed by atoms with Gasteiger partial charge in [-0.25, -0.2) is 0 Å². The van der Waals surface area contributed by atoms with E-state index in [4.69, 9.17) is 0 Å². The molecule has 8 fully saturated rings. The molecule has 228 valence electrons. The normalized spacial score (nSPS) is 24.6.